The van der Waals surface area contributed by atoms with E-state index < -0.39 is 5.91 Å². The van der Waals surface area contributed by atoms with Gasteiger partial charge in [-0.3, -0.25) is 19.0 Å². The van der Waals surface area contributed by atoms with Crippen LogP contribution in [0.3, 0.4) is 0 Å². The molecule has 0 saturated heterocycles. The van der Waals surface area contributed by atoms with E-state index in [-0.39, 0.29) is 17.9 Å². The summed E-state index contributed by atoms with van der Waals surface area (Å²) in [7, 11) is 0. The minimum absolute atomic E-state index is 0.0690. The highest BCUT2D eigenvalue weighted by Gasteiger charge is 2.21. The molecule has 0 spiro atoms. The molecule has 2 aromatic heterocycles. The van der Waals surface area contributed by atoms with Crippen molar-refractivity contribution in [2.75, 3.05) is 0 Å². The van der Waals surface area contributed by atoms with Gasteiger partial charge < -0.3 is 5.73 Å². The molecule has 0 atom stereocenters. The minimum Gasteiger partial charge on any atom is -0.365 e. The molecule has 0 radical (unpaired) electrons. The van der Waals surface area contributed by atoms with Gasteiger partial charge in [0.1, 0.15) is 0 Å². The monoisotopic (exact) mass is 376 g/mol. The van der Waals surface area contributed by atoms with Crippen LogP contribution in [0.15, 0.2) is 59.4 Å². The number of para-hydroxylation sites is 1. The molecular formula is C21H16N2O3S. The smallest absolute Gasteiger partial charge is 0.260 e. The van der Waals surface area contributed by atoms with E-state index in [1.165, 1.54) is 15.9 Å². The van der Waals surface area contributed by atoms with Crippen LogP contribution < -0.4 is 11.3 Å². The van der Waals surface area contributed by atoms with Gasteiger partial charge in [0.25, 0.3) is 11.5 Å². The number of benzene rings is 2. The van der Waals surface area contributed by atoms with E-state index in [4.69, 9.17) is 5.73 Å². The number of Topliss-reactive ketones (excluding diaryl/α,β-unsaturated/α-hetero) is 1. The topological polar surface area (TPSA) is 82.2 Å². The summed E-state index contributed by atoms with van der Waals surface area (Å²) in [6.45, 7) is 1.65. The highest BCUT2D eigenvalue weighted by molar-refractivity contribution is 7.22. The maximum Gasteiger partial charge on any atom is 0.260 e. The number of aryl methyl sites for hydroxylation is 1. The summed E-state index contributed by atoms with van der Waals surface area (Å²) >= 11 is 1.23. The van der Waals surface area contributed by atoms with E-state index in [1.54, 1.807) is 31.2 Å². The van der Waals surface area contributed by atoms with Crippen LogP contribution in [0.5, 0.6) is 0 Å². The van der Waals surface area contributed by atoms with E-state index in [2.05, 4.69) is 0 Å². The van der Waals surface area contributed by atoms with Crippen molar-refractivity contribution in [3.8, 4) is 0 Å². The van der Waals surface area contributed by atoms with Crippen LogP contribution in [-0.4, -0.2) is 16.3 Å². The van der Waals surface area contributed by atoms with Crippen LogP contribution in [0.4, 0.5) is 0 Å². The van der Waals surface area contributed by atoms with Gasteiger partial charge in [0.05, 0.1) is 27.0 Å². The van der Waals surface area contributed by atoms with Gasteiger partial charge in [-0.25, -0.2) is 0 Å². The summed E-state index contributed by atoms with van der Waals surface area (Å²) in [5, 5.41) is 1.28. The fourth-order valence-corrected chi connectivity index (χ4v) is 4.54. The lowest BCUT2D eigenvalue weighted by Gasteiger charge is -2.11. The van der Waals surface area contributed by atoms with Gasteiger partial charge in [-0.15, -0.1) is 11.3 Å². The number of nitrogens with two attached hydrogens (primary N) is 1. The predicted molar refractivity (Wildman–Crippen MR) is 108 cm³/mol. The molecule has 0 bridgehead atoms. The largest absolute Gasteiger partial charge is 0.365 e. The van der Waals surface area contributed by atoms with Gasteiger partial charge in [-0.1, -0.05) is 48.5 Å². The number of hydrogen-bond acceptors (Lipinski definition) is 4. The SMILES string of the molecule is Cc1c(C(N)=O)sc2c1c(=O)n(CC(=O)c1ccccc1)c1ccccc21. The molecule has 4 rings (SSSR count). The summed E-state index contributed by atoms with van der Waals surface area (Å²) in [5.41, 5.74) is 6.97. The standard InChI is InChI=1S/C21H16N2O3S/c1-12-17-19(27-18(12)20(22)25)14-9-5-6-10-15(14)23(21(17)26)11-16(24)13-7-3-2-4-8-13/h2-10H,11H2,1H3,(H2,22,25). The third-order valence-electron chi connectivity index (χ3n) is 4.67. The van der Waals surface area contributed by atoms with E-state index >= 15 is 0 Å². The maximum atomic E-state index is 13.2. The molecule has 1 amide bonds. The number of thiophene rings is 1. The van der Waals surface area contributed by atoms with Crippen molar-refractivity contribution in [2.45, 2.75) is 13.5 Å². The molecule has 2 heterocycles. The van der Waals surface area contributed by atoms with Crippen molar-refractivity contribution in [1.82, 2.24) is 4.57 Å². The molecule has 134 valence electrons. The summed E-state index contributed by atoms with van der Waals surface area (Å²) in [4.78, 5) is 38.1. The average molecular weight is 376 g/mol. The number of carbonyl (C=O) groups is 2. The maximum absolute atomic E-state index is 13.2. The van der Waals surface area contributed by atoms with Crippen LogP contribution in [0, 0.1) is 6.92 Å². The number of primary amides is 1. The number of aromatic nitrogens is 1. The Balaban J connectivity index is 2.01. The van der Waals surface area contributed by atoms with Gasteiger partial charge in [-0.2, -0.15) is 0 Å². The number of pyridine rings is 1. The second kappa shape index (κ2) is 6.48. The number of rotatable bonds is 4. The average Bonchev–Trinajstić information content (AvgIpc) is 3.03. The Bertz CT molecular complexity index is 1270. The number of ketones is 1. The van der Waals surface area contributed by atoms with E-state index in [9.17, 15) is 14.4 Å². The molecule has 0 unspecified atom stereocenters. The molecule has 2 aromatic carbocycles. The van der Waals surface area contributed by atoms with Crippen molar-refractivity contribution in [3.63, 3.8) is 0 Å². The summed E-state index contributed by atoms with van der Waals surface area (Å²) in [6.07, 6.45) is 0. The highest BCUT2D eigenvalue weighted by Crippen LogP contribution is 2.33. The molecule has 27 heavy (non-hydrogen) atoms. The quantitative estimate of drug-likeness (QED) is 0.553. The minimum atomic E-state index is -0.552. The molecule has 0 aliphatic carbocycles. The zero-order chi connectivity index (χ0) is 19.1. The van der Waals surface area contributed by atoms with Gasteiger partial charge in [0, 0.05) is 10.9 Å². The lowest BCUT2D eigenvalue weighted by molar-refractivity contribution is 0.0970. The molecular weight excluding hydrogens is 360 g/mol. The Morgan fingerprint density at radius 3 is 2.41 bits per heavy atom. The molecule has 0 fully saturated rings. The van der Waals surface area contributed by atoms with Crippen molar-refractivity contribution in [3.05, 3.63) is 81.0 Å². The van der Waals surface area contributed by atoms with E-state index in [0.29, 0.717) is 26.9 Å². The summed E-state index contributed by atoms with van der Waals surface area (Å²) in [6, 6.07) is 16.3. The first-order valence-electron chi connectivity index (χ1n) is 8.41. The second-order valence-corrected chi connectivity index (χ2v) is 7.34. The number of fused-ring (bicyclic) bond motifs is 3. The third-order valence-corrected chi connectivity index (χ3v) is 6.01. The van der Waals surface area contributed by atoms with Gasteiger partial charge >= 0.3 is 0 Å². The molecule has 6 heteroatoms. The zero-order valence-corrected chi connectivity index (χ0v) is 15.4. The molecule has 5 nitrogen and oxygen atoms in total. The van der Waals surface area contributed by atoms with Crippen LogP contribution in [0.25, 0.3) is 21.0 Å². The fraction of sp³-hybridized carbons (Fsp3) is 0.0952. The Morgan fingerprint density at radius 2 is 1.70 bits per heavy atom. The molecule has 0 aliphatic heterocycles. The van der Waals surface area contributed by atoms with Gasteiger partial charge in [0.15, 0.2) is 5.78 Å². The number of amides is 1. The second-order valence-electron chi connectivity index (χ2n) is 6.32. The Morgan fingerprint density at radius 1 is 1.04 bits per heavy atom. The summed E-state index contributed by atoms with van der Waals surface area (Å²) < 4.78 is 2.21. The lowest BCUT2D eigenvalue weighted by atomic mass is 10.1. The molecule has 0 aliphatic rings. The fourth-order valence-electron chi connectivity index (χ4n) is 3.36. The molecule has 2 N–H and O–H groups in total. The first-order chi connectivity index (χ1) is 13.0. The Labute approximate surface area is 158 Å². The van der Waals surface area contributed by atoms with Gasteiger partial charge in [0.2, 0.25) is 0 Å². The van der Waals surface area contributed by atoms with Gasteiger partial charge in [-0.05, 0) is 18.6 Å². The number of carbonyl (C=O) groups excluding carboxylic acids is 2. The first kappa shape index (κ1) is 17.2. The normalized spacial score (nSPS) is 11.1. The zero-order valence-electron chi connectivity index (χ0n) is 14.6. The van der Waals surface area contributed by atoms with Crippen molar-refractivity contribution in [2.24, 2.45) is 5.73 Å². The van der Waals surface area contributed by atoms with E-state index in [0.717, 1.165) is 10.1 Å². The number of hydrogen-bond donors (Lipinski definition) is 1. The Hall–Kier alpha value is -3.25. The van der Waals surface area contributed by atoms with Crippen LogP contribution in [0.1, 0.15) is 25.6 Å². The van der Waals surface area contributed by atoms with Crippen LogP contribution in [0.2, 0.25) is 0 Å². The summed E-state index contributed by atoms with van der Waals surface area (Å²) in [5.74, 6) is -0.700. The number of nitrogens with zero attached hydrogens (tertiary/aromatic N) is 1. The lowest BCUT2D eigenvalue weighted by Crippen LogP contribution is -2.25. The van der Waals surface area contributed by atoms with Crippen molar-refractivity contribution >= 4 is 44.0 Å². The first-order valence-corrected chi connectivity index (χ1v) is 9.23. The third kappa shape index (κ3) is 2.74. The predicted octanol–water partition coefficient (Wildman–Crippen LogP) is 3.51. The van der Waals surface area contributed by atoms with E-state index in [1.807, 2.05) is 30.3 Å². The van der Waals surface area contributed by atoms with Crippen molar-refractivity contribution in [1.29, 1.82) is 0 Å². The van der Waals surface area contributed by atoms with Crippen molar-refractivity contribution < 1.29 is 9.59 Å². The molecule has 4 aromatic rings. The highest BCUT2D eigenvalue weighted by atomic mass is 32.1. The van der Waals surface area contributed by atoms with Crippen LogP contribution >= 0.6 is 11.3 Å². The molecule has 0 saturated carbocycles. The van der Waals surface area contributed by atoms with Crippen LogP contribution in [-0.2, 0) is 6.54 Å². The Kier molecular flexibility index (Phi) is 4.12.